The van der Waals surface area contributed by atoms with Crippen molar-refractivity contribution in [1.82, 2.24) is 4.90 Å². The lowest BCUT2D eigenvalue weighted by molar-refractivity contribution is 0.394. The molecule has 0 aliphatic carbocycles. The van der Waals surface area contributed by atoms with E-state index in [0.717, 1.165) is 12.3 Å². The van der Waals surface area contributed by atoms with Crippen LogP contribution in [0.1, 0.15) is 11.1 Å². The summed E-state index contributed by atoms with van der Waals surface area (Å²) in [6.45, 7) is 3.08. The van der Waals surface area contributed by atoms with Gasteiger partial charge < -0.3 is 9.64 Å². The number of hydrogen-bond donors (Lipinski definition) is 0. The Kier molecular flexibility index (Phi) is 3.32. The molecule has 0 unspecified atom stereocenters. The van der Waals surface area contributed by atoms with Gasteiger partial charge in [-0.1, -0.05) is 6.07 Å². The molecule has 1 rings (SSSR count). The predicted octanol–water partition coefficient (Wildman–Crippen LogP) is 2.07. The maximum absolute atomic E-state index is 5.17. The minimum absolute atomic E-state index is 0.933. The Morgan fingerprint density at radius 3 is 2.54 bits per heavy atom. The van der Waals surface area contributed by atoms with Crippen molar-refractivity contribution in [2.24, 2.45) is 0 Å². The van der Waals surface area contributed by atoms with Crippen LogP contribution in [0.5, 0.6) is 5.75 Å². The zero-order valence-corrected chi connectivity index (χ0v) is 8.79. The van der Waals surface area contributed by atoms with E-state index in [2.05, 4.69) is 38.1 Å². The second-order valence-electron chi connectivity index (χ2n) is 3.53. The first-order valence-electron chi connectivity index (χ1n) is 4.41. The van der Waals surface area contributed by atoms with Gasteiger partial charge in [0.25, 0.3) is 0 Å². The molecule has 0 spiro atoms. The number of methoxy groups -OCH3 is 1. The third kappa shape index (κ3) is 2.74. The average Bonchev–Trinajstić information content (AvgIpc) is 2.08. The van der Waals surface area contributed by atoms with Gasteiger partial charge in [0, 0.05) is 6.54 Å². The van der Waals surface area contributed by atoms with Crippen molar-refractivity contribution in [3.05, 3.63) is 29.3 Å². The Morgan fingerprint density at radius 2 is 2.00 bits per heavy atom. The maximum Gasteiger partial charge on any atom is 0.119 e. The maximum atomic E-state index is 5.17. The molecule has 0 atom stereocenters. The van der Waals surface area contributed by atoms with Crippen molar-refractivity contribution in [3.8, 4) is 5.75 Å². The first-order valence-corrected chi connectivity index (χ1v) is 4.41. The Labute approximate surface area is 80.1 Å². The van der Waals surface area contributed by atoms with Crippen LogP contribution in [0.3, 0.4) is 0 Å². The summed E-state index contributed by atoms with van der Waals surface area (Å²) in [7, 11) is 5.84. The molecule has 0 heterocycles. The molecule has 72 valence electrons. The normalized spacial score (nSPS) is 10.5. The van der Waals surface area contributed by atoms with E-state index in [1.807, 2.05) is 6.07 Å². The number of aryl methyl sites for hydroxylation is 1. The van der Waals surface area contributed by atoms with Crippen LogP contribution in [0.25, 0.3) is 0 Å². The fourth-order valence-corrected chi connectivity index (χ4v) is 1.29. The van der Waals surface area contributed by atoms with Crippen molar-refractivity contribution in [2.45, 2.75) is 13.5 Å². The van der Waals surface area contributed by atoms with E-state index >= 15 is 0 Å². The van der Waals surface area contributed by atoms with Crippen LogP contribution < -0.4 is 4.74 Å². The van der Waals surface area contributed by atoms with Gasteiger partial charge in [-0.15, -0.1) is 0 Å². The highest BCUT2D eigenvalue weighted by Gasteiger charge is 2.01. The molecule has 0 fully saturated rings. The molecule has 0 saturated heterocycles. The summed E-state index contributed by atoms with van der Waals surface area (Å²) in [6.07, 6.45) is 0. The van der Waals surface area contributed by atoms with Crippen molar-refractivity contribution >= 4 is 0 Å². The van der Waals surface area contributed by atoms with Crippen LogP contribution in [0, 0.1) is 6.92 Å². The number of hydrogen-bond acceptors (Lipinski definition) is 2. The van der Waals surface area contributed by atoms with E-state index in [9.17, 15) is 0 Å². The van der Waals surface area contributed by atoms with Crippen molar-refractivity contribution < 1.29 is 4.74 Å². The number of nitrogens with zero attached hydrogens (tertiary/aromatic N) is 1. The monoisotopic (exact) mass is 179 g/mol. The molecular formula is C11H17NO. The molecule has 0 aromatic heterocycles. The third-order valence-electron chi connectivity index (χ3n) is 2.04. The molecule has 0 N–H and O–H groups in total. The molecule has 1 aromatic carbocycles. The summed E-state index contributed by atoms with van der Waals surface area (Å²) in [5.41, 5.74) is 2.64. The van der Waals surface area contributed by atoms with Gasteiger partial charge in [-0.3, -0.25) is 0 Å². The second kappa shape index (κ2) is 4.28. The van der Waals surface area contributed by atoms with E-state index in [1.54, 1.807) is 7.11 Å². The summed E-state index contributed by atoms with van der Waals surface area (Å²) < 4.78 is 5.17. The van der Waals surface area contributed by atoms with Crippen LogP contribution in [0.4, 0.5) is 0 Å². The van der Waals surface area contributed by atoms with Gasteiger partial charge in [-0.25, -0.2) is 0 Å². The predicted molar refractivity (Wildman–Crippen MR) is 55.1 cm³/mol. The van der Waals surface area contributed by atoms with Crippen LogP contribution in [0.2, 0.25) is 0 Å². The summed E-state index contributed by atoms with van der Waals surface area (Å²) in [5, 5.41) is 0. The number of rotatable bonds is 3. The molecule has 0 radical (unpaired) electrons. The first kappa shape index (κ1) is 10.1. The molecule has 0 bridgehead atoms. The Balaban J connectivity index is 2.90. The van der Waals surface area contributed by atoms with E-state index in [4.69, 9.17) is 4.74 Å². The first-order chi connectivity index (χ1) is 6.13. The van der Waals surface area contributed by atoms with Crippen LogP contribution >= 0.6 is 0 Å². The Hall–Kier alpha value is -1.02. The van der Waals surface area contributed by atoms with Crippen LogP contribution in [0.15, 0.2) is 18.2 Å². The lowest BCUT2D eigenvalue weighted by Crippen LogP contribution is -2.11. The lowest BCUT2D eigenvalue weighted by Gasteiger charge is -2.13. The number of ether oxygens (including phenoxy) is 1. The molecule has 2 nitrogen and oxygen atoms in total. The number of benzene rings is 1. The highest BCUT2D eigenvalue weighted by molar-refractivity contribution is 5.34. The zero-order valence-electron chi connectivity index (χ0n) is 8.79. The van der Waals surface area contributed by atoms with Crippen LogP contribution in [-0.4, -0.2) is 26.1 Å². The fourth-order valence-electron chi connectivity index (χ4n) is 1.29. The van der Waals surface area contributed by atoms with Crippen molar-refractivity contribution in [2.75, 3.05) is 21.2 Å². The molecule has 0 aliphatic heterocycles. The van der Waals surface area contributed by atoms with Gasteiger partial charge in [0.2, 0.25) is 0 Å². The molecule has 13 heavy (non-hydrogen) atoms. The van der Waals surface area contributed by atoms with E-state index in [-0.39, 0.29) is 0 Å². The van der Waals surface area contributed by atoms with Gasteiger partial charge >= 0.3 is 0 Å². The summed E-state index contributed by atoms with van der Waals surface area (Å²) in [4.78, 5) is 2.15. The molecule has 1 aromatic rings. The third-order valence-corrected chi connectivity index (χ3v) is 2.04. The highest BCUT2D eigenvalue weighted by atomic mass is 16.5. The molecule has 2 heteroatoms. The highest BCUT2D eigenvalue weighted by Crippen LogP contribution is 2.17. The fraction of sp³-hybridized carbons (Fsp3) is 0.455. The van der Waals surface area contributed by atoms with Gasteiger partial charge in [-0.05, 0) is 44.3 Å². The largest absolute Gasteiger partial charge is 0.497 e. The van der Waals surface area contributed by atoms with E-state index < -0.39 is 0 Å². The van der Waals surface area contributed by atoms with E-state index in [1.165, 1.54) is 11.1 Å². The second-order valence-corrected chi connectivity index (χ2v) is 3.53. The molecule has 0 saturated carbocycles. The van der Waals surface area contributed by atoms with Gasteiger partial charge in [0.05, 0.1) is 7.11 Å². The van der Waals surface area contributed by atoms with Gasteiger partial charge in [0.1, 0.15) is 5.75 Å². The quantitative estimate of drug-likeness (QED) is 0.704. The SMILES string of the molecule is COc1ccc(C)c(CN(C)C)c1. The molecular weight excluding hydrogens is 162 g/mol. The standard InChI is InChI=1S/C11H17NO/c1-9-5-6-11(13-4)7-10(9)8-12(2)3/h5-7H,8H2,1-4H3. The minimum Gasteiger partial charge on any atom is -0.497 e. The van der Waals surface area contributed by atoms with Crippen LogP contribution in [-0.2, 0) is 6.54 Å². The zero-order chi connectivity index (χ0) is 9.84. The summed E-state index contributed by atoms with van der Waals surface area (Å²) in [5.74, 6) is 0.933. The lowest BCUT2D eigenvalue weighted by atomic mass is 10.1. The van der Waals surface area contributed by atoms with Crippen molar-refractivity contribution in [3.63, 3.8) is 0 Å². The van der Waals surface area contributed by atoms with Gasteiger partial charge in [-0.2, -0.15) is 0 Å². The average molecular weight is 179 g/mol. The summed E-state index contributed by atoms with van der Waals surface area (Å²) >= 11 is 0. The smallest absolute Gasteiger partial charge is 0.119 e. The topological polar surface area (TPSA) is 12.5 Å². The minimum atomic E-state index is 0.933. The van der Waals surface area contributed by atoms with E-state index in [0.29, 0.717) is 0 Å². The molecule has 0 amide bonds. The Morgan fingerprint density at radius 1 is 1.31 bits per heavy atom. The van der Waals surface area contributed by atoms with Crippen molar-refractivity contribution in [1.29, 1.82) is 0 Å². The van der Waals surface area contributed by atoms with Gasteiger partial charge in [0.15, 0.2) is 0 Å². The molecule has 0 aliphatic rings. The Bertz CT molecular complexity index is 281. The summed E-state index contributed by atoms with van der Waals surface area (Å²) in [6, 6.07) is 6.18.